The zero-order chi connectivity index (χ0) is 23.5. The molecule has 32 heavy (non-hydrogen) atoms. The first-order chi connectivity index (χ1) is 15.5. The maximum Gasteiger partial charge on any atom is 0.167 e. The van der Waals surface area contributed by atoms with E-state index in [1.807, 2.05) is 0 Å². The molecule has 0 bridgehead atoms. The minimum atomic E-state index is -0.965. The molecule has 0 heterocycles. The van der Waals surface area contributed by atoms with Crippen molar-refractivity contribution in [2.45, 2.75) is 6.42 Å². The lowest BCUT2D eigenvalue weighted by molar-refractivity contribution is -0.127. The lowest BCUT2D eigenvalue weighted by atomic mass is 9.94. The molecule has 0 N–H and O–H groups in total. The number of terminal acetylenes is 1. The maximum absolute atomic E-state index is 12.7. The topological polar surface area (TPSA) is 71.1 Å². The van der Waals surface area contributed by atoms with Crippen molar-refractivity contribution in [2.75, 3.05) is 28.4 Å². The Morgan fingerprint density at radius 3 is 1.53 bits per heavy atom. The Labute approximate surface area is 188 Å². The number of carbonyl (C=O) groups is 2. The van der Waals surface area contributed by atoms with E-state index in [0.717, 1.165) is 11.1 Å². The van der Waals surface area contributed by atoms with Gasteiger partial charge < -0.3 is 18.9 Å². The molecule has 2 aromatic rings. The largest absolute Gasteiger partial charge is 0.493 e. The van der Waals surface area contributed by atoms with Crippen molar-refractivity contribution < 1.29 is 28.5 Å². The van der Waals surface area contributed by atoms with Crippen LogP contribution < -0.4 is 18.9 Å². The highest BCUT2D eigenvalue weighted by Gasteiger charge is 2.21. The average Bonchev–Trinajstić information content (AvgIpc) is 2.83. The number of allylic oxidation sites excluding steroid dienone is 2. The average molecular weight is 434 g/mol. The molecule has 0 fully saturated rings. The third-order valence-corrected chi connectivity index (χ3v) is 4.70. The summed E-state index contributed by atoms with van der Waals surface area (Å²) in [5.74, 6) is 2.93. The van der Waals surface area contributed by atoms with Crippen LogP contribution in [0.2, 0.25) is 0 Å². The van der Waals surface area contributed by atoms with E-state index in [0.29, 0.717) is 23.0 Å². The molecule has 2 rings (SSSR count). The number of rotatable bonds is 11. The van der Waals surface area contributed by atoms with Gasteiger partial charge in [-0.2, -0.15) is 0 Å². The van der Waals surface area contributed by atoms with Crippen LogP contribution in [-0.2, 0) is 9.59 Å². The van der Waals surface area contributed by atoms with Gasteiger partial charge in [0, 0.05) is 6.42 Å². The third-order valence-electron chi connectivity index (χ3n) is 4.70. The van der Waals surface area contributed by atoms with E-state index in [2.05, 4.69) is 5.92 Å². The van der Waals surface area contributed by atoms with Gasteiger partial charge in [0.05, 0.1) is 34.4 Å². The monoisotopic (exact) mass is 434 g/mol. The molecule has 0 aliphatic rings. The number of hydrogen-bond donors (Lipinski definition) is 0. The van der Waals surface area contributed by atoms with Crippen molar-refractivity contribution in [3.05, 3.63) is 59.7 Å². The number of benzene rings is 2. The first-order valence-corrected chi connectivity index (χ1v) is 9.78. The van der Waals surface area contributed by atoms with Gasteiger partial charge in [-0.05, 0) is 47.5 Å². The fraction of sp³-hybridized carbons (Fsp3) is 0.231. The molecule has 2 aromatic carbocycles. The van der Waals surface area contributed by atoms with Crippen LogP contribution in [-0.4, -0.2) is 40.0 Å². The molecular weight excluding hydrogens is 408 g/mol. The van der Waals surface area contributed by atoms with Crippen molar-refractivity contribution in [3.8, 4) is 35.3 Å². The van der Waals surface area contributed by atoms with Crippen molar-refractivity contribution in [1.82, 2.24) is 0 Å². The highest BCUT2D eigenvalue weighted by molar-refractivity contribution is 6.13. The van der Waals surface area contributed by atoms with Gasteiger partial charge in [0.1, 0.15) is 0 Å². The van der Waals surface area contributed by atoms with Gasteiger partial charge in [0.2, 0.25) is 0 Å². The van der Waals surface area contributed by atoms with E-state index in [4.69, 9.17) is 25.4 Å². The van der Waals surface area contributed by atoms with Crippen LogP contribution in [0.5, 0.6) is 23.0 Å². The van der Waals surface area contributed by atoms with Crippen LogP contribution in [0.25, 0.3) is 12.2 Å². The first kappa shape index (κ1) is 24.3. The molecular formula is C26H26O6. The molecule has 166 valence electrons. The smallest absolute Gasteiger partial charge is 0.167 e. The maximum atomic E-state index is 12.7. The Morgan fingerprint density at radius 2 is 1.19 bits per heavy atom. The highest BCUT2D eigenvalue weighted by Crippen LogP contribution is 2.29. The van der Waals surface area contributed by atoms with E-state index in [1.54, 1.807) is 62.8 Å². The van der Waals surface area contributed by atoms with Crippen molar-refractivity contribution in [3.63, 3.8) is 0 Å². The molecule has 0 spiro atoms. The van der Waals surface area contributed by atoms with Gasteiger partial charge in [0.15, 0.2) is 34.6 Å². The zero-order valence-corrected chi connectivity index (χ0v) is 18.6. The number of ether oxygens (including phenoxy) is 4. The van der Waals surface area contributed by atoms with Gasteiger partial charge in [-0.25, -0.2) is 0 Å². The molecule has 0 saturated carbocycles. The number of hydrogen-bond acceptors (Lipinski definition) is 6. The fourth-order valence-electron chi connectivity index (χ4n) is 2.96. The van der Waals surface area contributed by atoms with Crippen LogP contribution in [0.1, 0.15) is 17.5 Å². The minimum absolute atomic E-state index is 0.00418. The fourth-order valence-corrected chi connectivity index (χ4v) is 2.96. The molecule has 6 heteroatoms. The Bertz CT molecular complexity index is 981. The molecule has 0 aliphatic heterocycles. The molecule has 0 aromatic heterocycles. The second-order valence-electron chi connectivity index (χ2n) is 6.66. The SMILES string of the molecule is C#CCC(C(=O)C=Cc1ccc(OC)c(OC)c1)C(=O)C=Cc1ccc(OC)c(OC)c1. The van der Waals surface area contributed by atoms with E-state index < -0.39 is 5.92 Å². The van der Waals surface area contributed by atoms with Gasteiger partial charge in [-0.15, -0.1) is 12.3 Å². The Balaban J connectivity index is 2.17. The minimum Gasteiger partial charge on any atom is -0.493 e. The Kier molecular flexibility index (Phi) is 9.12. The van der Waals surface area contributed by atoms with E-state index in [9.17, 15) is 9.59 Å². The van der Waals surface area contributed by atoms with Crippen LogP contribution in [0.4, 0.5) is 0 Å². The molecule has 6 nitrogen and oxygen atoms in total. The number of methoxy groups -OCH3 is 4. The number of ketones is 2. The van der Waals surface area contributed by atoms with Crippen LogP contribution in [0.3, 0.4) is 0 Å². The normalized spacial score (nSPS) is 11.7. The second-order valence-corrected chi connectivity index (χ2v) is 6.66. The lowest BCUT2D eigenvalue weighted by Gasteiger charge is -2.09. The summed E-state index contributed by atoms with van der Waals surface area (Å²) in [4.78, 5) is 25.4. The summed E-state index contributed by atoms with van der Waals surface area (Å²) in [5, 5.41) is 0. The molecule has 0 atom stereocenters. The standard InChI is InChI=1S/C26H26O6/c1-6-7-20(21(27)12-8-18-10-14-23(29-2)25(16-18)31-4)22(28)13-9-19-11-15-24(30-3)26(17-19)32-5/h1,8-17,20H,7H2,2-5H3. The van der Waals surface area contributed by atoms with E-state index >= 15 is 0 Å². The summed E-state index contributed by atoms with van der Waals surface area (Å²) in [6.45, 7) is 0. The summed E-state index contributed by atoms with van der Waals surface area (Å²) >= 11 is 0. The number of carbonyl (C=O) groups excluding carboxylic acids is 2. The van der Waals surface area contributed by atoms with Gasteiger partial charge in [-0.3, -0.25) is 9.59 Å². The lowest BCUT2D eigenvalue weighted by Crippen LogP contribution is -2.20. The predicted molar refractivity (Wildman–Crippen MR) is 124 cm³/mol. The Morgan fingerprint density at radius 1 is 0.781 bits per heavy atom. The van der Waals surface area contributed by atoms with E-state index in [-0.39, 0.29) is 18.0 Å². The summed E-state index contributed by atoms with van der Waals surface area (Å²) in [7, 11) is 6.15. The van der Waals surface area contributed by atoms with Crippen molar-refractivity contribution in [2.24, 2.45) is 5.92 Å². The van der Waals surface area contributed by atoms with Crippen molar-refractivity contribution >= 4 is 23.7 Å². The third kappa shape index (κ3) is 6.26. The summed E-state index contributed by atoms with van der Waals surface area (Å²) < 4.78 is 20.9. The molecule has 0 aliphatic carbocycles. The van der Waals surface area contributed by atoms with Crippen LogP contribution in [0.15, 0.2) is 48.6 Å². The Hall–Kier alpha value is -3.98. The zero-order valence-electron chi connectivity index (χ0n) is 18.6. The molecule has 0 radical (unpaired) electrons. The van der Waals surface area contributed by atoms with Crippen LogP contribution in [0, 0.1) is 18.3 Å². The summed E-state index contributed by atoms with van der Waals surface area (Å²) in [5.41, 5.74) is 1.45. The van der Waals surface area contributed by atoms with E-state index in [1.165, 1.54) is 26.4 Å². The van der Waals surface area contributed by atoms with Gasteiger partial charge >= 0.3 is 0 Å². The first-order valence-electron chi connectivity index (χ1n) is 9.78. The summed E-state index contributed by atoms with van der Waals surface area (Å²) in [6, 6.07) is 10.5. The molecule has 0 amide bonds. The highest BCUT2D eigenvalue weighted by atomic mass is 16.5. The van der Waals surface area contributed by atoms with Crippen LogP contribution >= 0.6 is 0 Å². The molecule has 0 unspecified atom stereocenters. The van der Waals surface area contributed by atoms with Crippen molar-refractivity contribution in [1.29, 1.82) is 0 Å². The van der Waals surface area contributed by atoms with Gasteiger partial charge in [-0.1, -0.05) is 24.3 Å². The summed E-state index contributed by atoms with van der Waals surface area (Å²) in [6.07, 6.45) is 11.3. The second kappa shape index (κ2) is 12.0. The quantitative estimate of drug-likeness (QED) is 0.300. The van der Waals surface area contributed by atoms with Gasteiger partial charge in [0.25, 0.3) is 0 Å². The predicted octanol–water partition coefficient (Wildman–Crippen LogP) is 4.23. The molecule has 0 saturated heterocycles.